The predicted octanol–water partition coefficient (Wildman–Crippen LogP) is 15.5. The molecule has 2 heterocycles. The Balaban J connectivity index is 1.24. The molecule has 1 nitrogen and oxygen atoms in total. The summed E-state index contributed by atoms with van der Waals surface area (Å²) in [5.74, 6) is 0. The number of hydrogen-bond acceptors (Lipinski definition) is 3. The van der Waals surface area contributed by atoms with Crippen LogP contribution in [0.5, 0.6) is 0 Å². The van der Waals surface area contributed by atoms with Gasteiger partial charge < -0.3 is 4.90 Å². The van der Waals surface area contributed by atoms with Crippen LogP contribution in [0.25, 0.3) is 84.1 Å². The van der Waals surface area contributed by atoms with Crippen molar-refractivity contribution in [3.63, 3.8) is 0 Å². The molecule has 0 atom stereocenters. The zero-order valence-electron chi connectivity index (χ0n) is 28.7. The van der Waals surface area contributed by atoms with Crippen LogP contribution in [0.3, 0.4) is 0 Å². The fourth-order valence-corrected chi connectivity index (χ4v) is 10.8. The molecule has 53 heavy (non-hydrogen) atoms. The highest BCUT2D eigenvalue weighted by Gasteiger charge is 2.24. The summed E-state index contributed by atoms with van der Waals surface area (Å²) >= 11 is 3.78. The first-order valence-electron chi connectivity index (χ1n) is 18.0. The number of hydrogen-bond donors (Lipinski definition) is 0. The second kappa shape index (κ2) is 12.2. The highest BCUT2D eigenvalue weighted by molar-refractivity contribution is 7.27. The topological polar surface area (TPSA) is 3.24 Å². The van der Waals surface area contributed by atoms with E-state index in [0.29, 0.717) is 0 Å². The molecular formula is C50H31NS2. The minimum atomic E-state index is 1.17. The zero-order valence-corrected chi connectivity index (χ0v) is 30.3. The van der Waals surface area contributed by atoms with E-state index in [0.717, 1.165) is 0 Å². The molecule has 0 saturated carbocycles. The fraction of sp³-hybridized carbons (Fsp3) is 0. The van der Waals surface area contributed by atoms with Crippen LogP contribution in [0.4, 0.5) is 17.1 Å². The number of anilines is 3. The van der Waals surface area contributed by atoms with Gasteiger partial charge in [-0.25, -0.2) is 0 Å². The van der Waals surface area contributed by atoms with Gasteiger partial charge in [-0.05, 0) is 68.7 Å². The van der Waals surface area contributed by atoms with E-state index in [2.05, 4.69) is 193 Å². The molecule has 0 saturated heterocycles. The van der Waals surface area contributed by atoms with E-state index in [9.17, 15) is 0 Å². The van der Waals surface area contributed by atoms with Gasteiger partial charge in [-0.15, -0.1) is 22.7 Å². The molecule has 0 fully saturated rings. The first-order chi connectivity index (χ1) is 26.3. The molecule has 0 radical (unpaired) electrons. The standard InChI is InChI=1S/C50H31NS2/c1-2-14-33(15-3-1)35-22-11-24-40-41-25-12-27-45(50(41)53-49(35)40)51(44-26-13-29-47-48(44)42-21-8-9-28-46(42)52-47)43-31-30-38(37-19-6-7-20-39(37)43)36-23-10-17-32-16-4-5-18-34(32)36/h1-31H. The van der Waals surface area contributed by atoms with Crippen molar-refractivity contribution in [2.45, 2.75) is 0 Å². The molecule has 0 N–H and O–H groups in total. The predicted molar refractivity (Wildman–Crippen MR) is 233 cm³/mol. The van der Waals surface area contributed by atoms with Gasteiger partial charge in [-0.3, -0.25) is 0 Å². The molecule has 0 aliphatic carbocycles. The molecule has 11 rings (SSSR count). The van der Waals surface area contributed by atoms with E-state index in [1.165, 1.54) is 101 Å². The van der Waals surface area contributed by atoms with Gasteiger partial charge in [0.1, 0.15) is 0 Å². The van der Waals surface area contributed by atoms with E-state index in [-0.39, 0.29) is 0 Å². The van der Waals surface area contributed by atoms with E-state index in [1.54, 1.807) is 0 Å². The van der Waals surface area contributed by atoms with Crippen LogP contribution in [-0.4, -0.2) is 0 Å². The Morgan fingerprint density at radius 2 is 0.887 bits per heavy atom. The average Bonchev–Trinajstić information content (AvgIpc) is 3.81. The fourth-order valence-electron chi connectivity index (χ4n) is 8.33. The summed E-state index contributed by atoms with van der Waals surface area (Å²) < 4.78 is 5.19. The van der Waals surface area contributed by atoms with Gasteiger partial charge in [0.25, 0.3) is 0 Å². The molecule has 0 amide bonds. The lowest BCUT2D eigenvalue weighted by molar-refractivity contribution is 1.34. The Morgan fingerprint density at radius 1 is 0.302 bits per heavy atom. The van der Waals surface area contributed by atoms with Gasteiger partial charge in [0.15, 0.2) is 0 Å². The lowest BCUT2D eigenvalue weighted by Crippen LogP contribution is -2.11. The zero-order chi connectivity index (χ0) is 34.9. The number of fused-ring (bicyclic) bond motifs is 8. The molecule has 0 aliphatic heterocycles. The lowest BCUT2D eigenvalue weighted by Gasteiger charge is -2.29. The van der Waals surface area contributed by atoms with E-state index >= 15 is 0 Å². The normalized spacial score (nSPS) is 11.8. The van der Waals surface area contributed by atoms with Gasteiger partial charge in [0.2, 0.25) is 0 Å². The van der Waals surface area contributed by atoms with Crippen molar-refractivity contribution < 1.29 is 0 Å². The van der Waals surface area contributed by atoms with Crippen molar-refractivity contribution in [2.24, 2.45) is 0 Å². The van der Waals surface area contributed by atoms with Crippen molar-refractivity contribution >= 4 is 102 Å². The molecule has 2 aromatic heterocycles. The first-order valence-corrected chi connectivity index (χ1v) is 19.6. The second-order valence-corrected chi connectivity index (χ2v) is 15.7. The monoisotopic (exact) mass is 709 g/mol. The van der Waals surface area contributed by atoms with Crippen LogP contribution in [0, 0.1) is 0 Å². The summed E-state index contributed by atoms with van der Waals surface area (Å²) in [6.45, 7) is 0. The van der Waals surface area contributed by atoms with E-state index in [1.807, 2.05) is 22.7 Å². The lowest BCUT2D eigenvalue weighted by atomic mass is 9.92. The number of rotatable bonds is 5. The quantitative estimate of drug-likeness (QED) is 0.172. The number of thiophene rings is 2. The van der Waals surface area contributed by atoms with Gasteiger partial charge in [0.05, 0.1) is 21.8 Å². The van der Waals surface area contributed by atoms with Crippen molar-refractivity contribution in [3.05, 3.63) is 188 Å². The summed E-state index contributed by atoms with van der Waals surface area (Å²) in [7, 11) is 0. The minimum Gasteiger partial charge on any atom is -0.308 e. The summed E-state index contributed by atoms with van der Waals surface area (Å²) in [5.41, 5.74) is 8.56. The van der Waals surface area contributed by atoms with Crippen molar-refractivity contribution in [1.82, 2.24) is 0 Å². The largest absolute Gasteiger partial charge is 0.308 e. The van der Waals surface area contributed by atoms with Gasteiger partial charge in [-0.1, -0.05) is 158 Å². The Labute approximate surface area is 315 Å². The third-order valence-electron chi connectivity index (χ3n) is 10.7. The first kappa shape index (κ1) is 30.4. The maximum Gasteiger partial charge on any atom is 0.0640 e. The molecule has 0 unspecified atom stereocenters. The van der Waals surface area contributed by atoms with Crippen LogP contribution in [-0.2, 0) is 0 Å². The van der Waals surface area contributed by atoms with E-state index < -0.39 is 0 Å². The van der Waals surface area contributed by atoms with Crippen molar-refractivity contribution in [3.8, 4) is 22.3 Å². The Morgan fingerprint density at radius 3 is 1.77 bits per heavy atom. The Hall–Kier alpha value is -6.26. The molecule has 0 spiro atoms. The Kier molecular flexibility index (Phi) is 6.97. The van der Waals surface area contributed by atoms with E-state index in [4.69, 9.17) is 0 Å². The summed E-state index contributed by atoms with van der Waals surface area (Å²) in [6.07, 6.45) is 0. The highest BCUT2D eigenvalue weighted by Crippen LogP contribution is 2.51. The van der Waals surface area contributed by atoms with Gasteiger partial charge in [0, 0.05) is 41.0 Å². The molecule has 9 aromatic carbocycles. The molecule has 11 aromatic rings. The number of benzene rings is 9. The second-order valence-electron chi connectivity index (χ2n) is 13.6. The summed E-state index contributed by atoms with van der Waals surface area (Å²) in [6, 6.07) is 69.1. The smallest absolute Gasteiger partial charge is 0.0640 e. The van der Waals surface area contributed by atoms with Gasteiger partial charge in [-0.2, -0.15) is 0 Å². The Bertz CT molecular complexity index is 3180. The maximum absolute atomic E-state index is 2.55. The molecule has 0 bridgehead atoms. The summed E-state index contributed by atoms with van der Waals surface area (Å²) in [5, 5.41) is 10.1. The molecule has 248 valence electrons. The van der Waals surface area contributed by atoms with Crippen LogP contribution in [0.1, 0.15) is 0 Å². The third kappa shape index (κ3) is 4.75. The van der Waals surface area contributed by atoms with Crippen molar-refractivity contribution in [1.29, 1.82) is 0 Å². The maximum atomic E-state index is 2.55. The van der Waals surface area contributed by atoms with Crippen LogP contribution in [0.2, 0.25) is 0 Å². The number of nitrogens with zero attached hydrogens (tertiary/aromatic N) is 1. The van der Waals surface area contributed by atoms with Crippen LogP contribution >= 0.6 is 22.7 Å². The molecular weight excluding hydrogens is 679 g/mol. The van der Waals surface area contributed by atoms with Gasteiger partial charge >= 0.3 is 0 Å². The van der Waals surface area contributed by atoms with Crippen LogP contribution < -0.4 is 4.90 Å². The molecule has 0 aliphatic rings. The average molecular weight is 710 g/mol. The third-order valence-corrected chi connectivity index (χ3v) is 13.1. The minimum absolute atomic E-state index is 1.17. The van der Waals surface area contributed by atoms with Crippen molar-refractivity contribution in [2.75, 3.05) is 4.90 Å². The SMILES string of the molecule is c1ccc(-c2cccc3c2sc2c(N(c4ccc(-c5cccc6ccccc56)c5ccccc45)c4cccc5sc6ccccc6c45)cccc23)cc1. The molecule has 3 heteroatoms. The summed E-state index contributed by atoms with van der Waals surface area (Å²) in [4.78, 5) is 2.55. The highest BCUT2D eigenvalue weighted by atomic mass is 32.1. The van der Waals surface area contributed by atoms with Crippen LogP contribution in [0.15, 0.2) is 188 Å².